The summed E-state index contributed by atoms with van der Waals surface area (Å²) in [6.45, 7) is 12.4. The first-order valence-electron chi connectivity index (χ1n) is 7.55. The minimum atomic E-state index is -0.308. The Kier molecular flexibility index (Phi) is 6.23. The predicted molar refractivity (Wildman–Crippen MR) is 85.0 cm³/mol. The van der Waals surface area contributed by atoms with Gasteiger partial charge in [0.05, 0.1) is 17.8 Å². The van der Waals surface area contributed by atoms with E-state index < -0.39 is 0 Å². The van der Waals surface area contributed by atoms with E-state index >= 15 is 0 Å². The Morgan fingerprint density at radius 2 is 1.76 bits per heavy atom. The highest BCUT2D eigenvalue weighted by Gasteiger charge is 2.50. The first-order chi connectivity index (χ1) is 9.71. The highest BCUT2D eigenvalue weighted by Crippen LogP contribution is 2.38. The number of rotatable bonds is 6. The summed E-state index contributed by atoms with van der Waals surface area (Å²) in [5.41, 5.74) is 0.559. The normalized spacial score (nSPS) is 21.0. The molecular weight excluding hydrogens is 267 g/mol. The molecule has 1 heterocycles. The van der Waals surface area contributed by atoms with Gasteiger partial charge >= 0.3 is 13.1 Å². The van der Waals surface area contributed by atoms with Crippen molar-refractivity contribution in [3.05, 3.63) is 23.8 Å². The average molecular weight is 294 g/mol. The smallest absolute Gasteiger partial charge is 0.462 e. The van der Waals surface area contributed by atoms with Crippen molar-refractivity contribution in [3.63, 3.8) is 0 Å². The Bertz CT molecular complexity index is 408. The first-order valence-corrected chi connectivity index (χ1v) is 7.55. The summed E-state index contributed by atoms with van der Waals surface area (Å²) in [6, 6.07) is 0. The first kappa shape index (κ1) is 18.0. The number of carbonyl (C=O) groups excluding carboxylic acids is 1. The predicted octanol–water partition coefficient (Wildman–Crippen LogP) is 3.53. The molecule has 0 saturated carbocycles. The summed E-state index contributed by atoms with van der Waals surface area (Å²) in [4.78, 5) is 11.2. The number of hydrogen-bond acceptors (Lipinski definition) is 4. The molecule has 1 saturated heterocycles. The van der Waals surface area contributed by atoms with Crippen molar-refractivity contribution >= 4 is 13.1 Å². The molecule has 1 aliphatic heterocycles. The Hall–Kier alpha value is -1.07. The van der Waals surface area contributed by atoms with E-state index in [1.54, 1.807) is 6.92 Å². The quantitative estimate of drug-likeness (QED) is 0.325. The van der Waals surface area contributed by atoms with E-state index in [1.165, 1.54) is 11.6 Å². The molecule has 0 spiro atoms. The monoisotopic (exact) mass is 294 g/mol. The third-order valence-electron chi connectivity index (χ3n) is 4.06. The van der Waals surface area contributed by atoms with Crippen LogP contribution >= 0.6 is 0 Å². The molecule has 0 aromatic rings. The third-order valence-corrected chi connectivity index (χ3v) is 4.06. The van der Waals surface area contributed by atoms with Crippen molar-refractivity contribution in [3.8, 4) is 0 Å². The zero-order valence-corrected chi connectivity index (χ0v) is 14.1. The van der Waals surface area contributed by atoms with Crippen LogP contribution in [0.4, 0.5) is 0 Å². The van der Waals surface area contributed by atoms with E-state index in [0.717, 1.165) is 0 Å². The van der Waals surface area contributed by atoms with Crippen molar-refractivity contribution in [2.45, 2.75) is 65.5 Å². The Morgan fingerprint density at radius 3 is 2.24 bits per heavy atom. The molecule has 0 amide bonds. The molecule has 0 aromatic carbocycles. The summed E-state index contributed by atoms with van der Waals surface area (Å²) < 4.78 is 16.8. The summed E-state index contributed by atoms with van der Waals surface area (Å²) >= 11 is 0. The molecule has 0 bridgehead atoms. The summed E-state index contributed by atoms with van der Waals surface area (Å²) in [6.07, 6.45) is 6.73. The van der Waals surface area contributed by atoms with Gasteiger partial charge in [0, 0.05) is 12.4 Å². The topological polar surface area (TPSA) is 44.8 Å². The van der Waals surface area contributed by atoms with Gasteiger partial charge in [0.25, 0.3) is 0 Å². The van der Waals surface area contributed by atoms with Crippen LogP contribution in [-0.2, 0) is 18.8 Å². The van der Waals surface area contributed by atoms with Crippen LogP contribution in [0.15, 0.2) is 23.8 Å². The van der Waals surface area contributed by atoms with Crippen LogP contribution in [0.3, 0.4) is 0 Å². The molecule has 0 radical (unpaired) electrons. The van der Waals surface area contributed by atoms with Crippen LogP contribution in [0.1, 0.15) is 48.0 Å². The lowest BCUT2D eigenvalue weighted by Crippen LogP contribution is -2.41. The number of allylic oxidation sites excluding steroid dienone is 3. The minimum Gasteiger partial charge on any atom is -0.463 e. The molecule has 118 valence electrons. The van der Waals surface area contributed by atoms with Gasteiger partial charge in [-0.2, -0.15) is 0 Å². The van der Waals surface area contributed by atoms with Crippen LogP contribution < -0.4 is 0 Å². The summed E-state index contributed by atoms with van der Waals surface area (Å²) in [5, 5.41) is 0. The van der Waals surface area contributed by atoms with Crippen LogP contribution in [0.25, 0.3) is 0 Å². The van der Waals surface area contributed by atoms with Crippen molar-refractivity contribution in [1.82, 2.24) is 0 Å². The van der Waals surface area contributed by atoms with E-state index in [4.69, 9.17) is 14.0 Å². The molecule has 21 heavy (non-hydrogen) atoms. The van der Waals surface area contributed by atoms with E-state index in [2.05, 4.69) is 0 Å². The van der Waals surface area contributed by atoms with Crippen molar-refractivity contribution in [2.24, 2.45) is 0 Å². The second-order valence-corrected chi connectivity index (χ2v) is 6.20. The Labute approximate surface area is 128 Å². The fourth-order valence-corrected chi connectivity index (χ4v) is 2.08. The second kappa shape index (κ2) is 7.27. The van der Waals surface area contributed by atoms with Crippen LogP contribution in [0.5, 0.6) is 0 Å². The minimum absolute atomic E-state index is 0.239. The molecule has 0 atom stereocenters. The highest BCUT2D eigenvalue weighted by atomic mass is 16.7. The SMILES string of the molecule is C/C=C(/C/C=C/C(=O)OCC)CB1OC(C)(C)C(C)(C)O1. The third kappa shape index (κ3) is 5.01. The molecule has 1 rings (SSSR count). The lowest BCUT2D eigenvalue weighted by Gasteiger charge is -2.32. The van der Waals surface area contributed by atoms with Crippen LogP contribution in [0, 0.1) is 0 Å². The van der Waals surface area contributed by atoms with Gasteiger partial charge in [-0.05, 0) is 48.0 Å². The molecule has 0 unspecified atom stereocenters. The number of esters is 1. The molecule has 4 nitrogen and oxygen atoms in total. The Balaban J connectivity index is 2.52. The number of hydrogen-bond donors (Lipinski definition) is 0. The molecular formula is C16H27BO4. The van der Waals surface area contributed by atoms with Gasteiger partial charge in [-0.1, -0.05) is 17.7 Å². The summed E-state index contributed by atoms with van der Waals surface area (Å²) in [5.74, 6) is -0.302. The van der Waals surface area contributed by atoms with E-state index in [-0.39, 0.29) is 24.3 Å². The van der Waals surface area contributed by atoms with Gasteiger partial charge in [0.15, 0.2) is 0 Å². The van der Waals surface area contributed by atoms with E-state index in [1.807, 2.05) is 46.8 Å². The average Bonchev–Trinajstić information content (AvgIpc) is 2.56. The van der Waals surface area contributed by atoms with E-state index in [9.17, 15) is 4.79 Å². The maximum absolute atomic E-state index is 11.2. The lowest BCUT2D eigenvalue weighted by atomic mass is 9.79. The number of ether oxygens (including phenoxy) is 1. The maximum atomic E-state index is 11.2. The molecule has 1 fully saturated rings. The van der Waals surface area contributed by atoms with Gasteiger partial charge in [0.1, 0.15) is 0 Å². The Morgan fingerprint density at radius 1 is 1.19 bits per heavy atom. The molecule has 5 heteroatoms. The fraction of sp³-hybridized carbons (Fsp3) is 0.688. The van der Waals surface area contributed by atoms with Gasteiger partial charge in [-0.15, -0.1) is 0 Å². The highest BCUT2D eigenvalue weighted by molar-refractivity contribution is 6.46. The molecule has 0 N–H and O–H groups in total. The van der Waals surface area contributed by atoms with E-state index in [0.29, 0.717) is 19.3 Å². The van der Waals surface area contributed by atoms with Gasteiger partial charge in [0.2, 0.25) is 0 Å². The van der Waals surface area contributed by atoms with Crippen LogP contribution in [-0.4, -0.2) is 30.9 Å². The maximum Gasteiger partial charge on any atom is 0.462 e. The molecule has 0 aliphatic carbocycles. The molecule has 1 aliphatic rings. The zero-order valence-electron chi connectivity index (χ0n) is 14.1. The van der Waals surface area contributed by atoms with Gasteiger partial charge in [-0.25, -0.2) is 4.79 Å². The van der Waals surface area contributed by atoms with Crippen molar-refractivity contribution < 1.29 is 18.8 Å². The van der Waals surface area contributed by atoms with Gasteiger partial charge < -0.3 is 14.0 Å². The second-order valence-electron chi connectivity index (χ2n) is 6.20. The fourth-order valence-electron chi connectivity index (χ4n) is 2.08. The largest absolute Gasteiger partial charge is 0.463 e. The van der Waals surface area contributed by atoms with Crippen molar-refractivity contribution in [2.75, 3.05) is 6.61 Å². The standard InChI is InChI=1S/C16H27BO4/c1-7-13(10-9-11-14(18)19-8-2)12-17-20-15(3,4)16(5,6)21-17/h7,9,11H,8,10,12H2,1-6H3/b11-9+,13-7-. The zero-order chi connectivity index (χ0) is 16.1. The lowest BCUT2D eigenvalue weighted by molar-refractivity contribution is -0.137. The van der Waals surface area contributed by atoms with Crippen molar-refractivity contribution in [1.29, 1.82) is 0 Å². The van der Waals surface area contributed by atoms with Gasteiger partial charge in [-0.3, -0.25) is 0 Å². The number of carbonyl (C=O) groups is 1. The summed E-state index contributed by atoms with van der Waals surface area (Å²) in [7, 11) is -0.239. The molecule has 0 aromatic heterocycles. The van der Waals surface area contributed by atoms with Crippen LogP contribution in [0.2, 0.25) is 6.32 Å².